The largest absolute Gasteiger partial charge is 0.494 e. The van der Waals surface area contributed by atoms with Gasteiger partial charge in [0.25, 0.3) is 0 Å². The van der Waals surface area contributed by atoms with Gasteiger partial charge in [0.2, 0.25) is 5.91 Å². The average molecular weight is 279 g/mol. The molecule has 0 bridgehead atoms. The third-order valence-corrected chi connectivity index (χ3v) is 3.97. The Hall–Kier alpha value is -1.58. The first-order valence-corrected chi connectivity index (χ1v) is 7.19. The summed E-state index contributed by atoms with van der Waals surface area (Å²) in [5, 5.41) is 0. The molecule has 0 aliphatic heterocycles. The predicted molar refractivity (Wildman–Crippen MR) is 76.0 cm³/mol. The molecule has 0 N–H and O–H groups in total. The summed E-state index contributed by atoms with van der Waals surface area (Å²) in [6.45, 7) is 0.441. The van der Waals surface area contributed by atoms with E-state index in [1.54, 1.807) is 24.1 Å². The van der Waals surface area contributed by atoms with Crippen molar-refractivity contribution in [3.05, 3.63) is 29.6 Å². The fourth-order valence-electron chi connectivity index (χ4n) is 2.82. The van der Waals surface area contributed by atoms with Crippen molar-refractivity contribution in [2.75, 3.05) is 14.2 Å². The molecule has 1 saturated carbocycles. The second-order valence-electron chi connectivity index (χ2n) is 5.50. The second kappa shape index (κ2) is 6.73. The van der Waals surface area contributed by atoms with Crippen LogP contribution in [0.4, 0.5) is 4.39 Å². The van der Waals surface area contributed by atoms with Gasteiger partial charge in [-0.15, -0.1) is 0 Å². The van der Waals surface area contributed by atoms with Gasteiger partial charge in [-0.25, -0.2) is 4.39 Å². The molecule has 0 spiro atoms. The van der Waals surface area contributed by atoms with Crippen LogP contribution in [0.15, 0.2) is 18.2 Å². The van der Waals surface area contributed by atoms with Gasteiger partial charge in [-0.05, 0) is 30.5 Å². The molecule has 110 valence electrons. The number of hydrogen-bond donors (Lipinski definition) is 0. The number of hydrogen-bond acceptors (Lipinski definition) is 2. The van der Waals surface area contributed by atoms with Crippen molar-refractivity contribution in [1.82, 2.24) is 4.90 Å². The van der Waals surface area contributed by atoms with Gasteiger partial charge in [0.15, 0.2) is 11.6 Å². The van der Waals surface area contributed by atoms with Crippen molar-refractivity contribution in [2.45, 2.75) is 38.6 Å². The summed E-state index contributed by atoms with van der Waals surface area (Å²) in [5.74, 6) is 0.177. The molecule has 0 unspecified atom stereocenters. The predicted octanol–water partition coefficient (Wildman–Crippen LogP) is 3.37. The number of ether oxygens (including phenoxy) is 1. The topological polar surface area (TPSA) is 29.5 Å². The molecule has 0 aromatic heterocycles. The first-order valence-electron chi connectivity index (χ1n) is 7.19. The molecule has 1 amide bonds. The van der Waals surface area contributed by atoms with Crippen LogP contribution in [0, 0.1) is 11.7 Å². The van der Waals surface area contributed by atoms with Crippen LogP contribution in [0.25, 0.3) is 0 Å². The minimum absolute atomic E-state index is 0.150. The highest BCUT2D eigenvalue weighted by molar-refractivity contribution is 5.78. The van der Waals surface area contributed by atoms with Crippen LogP contribution in [0.3, 0.4) is 0 Å². The highest BCUT2D eigenvalue weighted by atomic mass is 19.1. The third-order valence-electron chi connectivity index (χ3n) is 3.97. The quantitative estimate of drug-likeness (QED) is 0.845. The van der Waals surface area contributed by atoms with Crippen molar-refractivity contribution in [3.8, 4) is 5.75 Å². The Bertz CT molecular complexity index is 470. The number of carbonyl (C=O) groups excluding carboxylic acids is 1. The molecule has 1 fully saturated rings. The number of amides is 1. The molecule has 2 rings (SSSR count). The fourth-order valence-corrected chi connectivity index (χ4v) is 2.82. The van der Waals surface area contributed by atoms with Gasteiger partial charge in [0.05, 0.1) is 7.11 Å². The summed E-state index contributed by atoms with van der Waals surface area (Å²) in [6.07, 6.45) is 5.49. The molecule has 0 atom stereocenters. The van der Waals surface area contributed by atoms with Gasteiger partial charge in [0, 0.05) is 19.5 Å². The van der Waals surface area contributed by atoms with E-state index in [1.165, 1.54) is 19.6 Å². The number of halogens is 1. The lowest BCUT2D eigenvalue weighted by molar-refractivity contribution is -0.135. The smallest absolute Gasteiger partial charge is 0.225 e. The molecule has 1 aromatic rings. The Morgan fingerprint density at radius 3 is 2.65 bits per heavy atom. The normalized spacial score (nSPS) is 15.9. The summed E-state index contributed by atoms with van der Waals surface area (Å²) in [4.78, 5) is 14.0. The highest BCUT2D eigenvalue weighted by Gasteiger charge is 2.24. The van der Waals surface area contributed by atoms with Crippen LogP contribution in [0.5, 0.6) is 5.75 Å². The zero-order valence-electron chi connectivity index (χ0n) is 12.2. The van der Waals surface area contributed by atoms with E-state index in [-0.39, 0.29) is 23.4 Å². The van der Waals surface area contributed by atoms with E-state index in [4.69, 9.17) is 4.74 Å². The van der Waals surface area contributed by atoms with E-state index in [9.17, 15) is 9.18 Å². The molecule has 0 saturated heterocycles. The second-order valence-corrected chi connectivity index (χ2v) is 5.50. The Labute approximate surface area is 119 Å². The monoisotopic (exact) mass is 279 g/mol. The Kier molecular flexibility index (Phi) is 4.99. The van der Waals surface area contributed by atoms with E-state index < -0.39 is 0 Å². The summed E-state index contributed by atoms with van der Waals surface area (Å²) in [5.41, 5.74) is 0.787. The van der Waals surface area contributed by atoms with Crippen LogP contribution >= 0.6 is 0 Å². The number of methoxy groups -OCH3 is 1. The molecule has 1 aliphatic carbocycles. The minimum Gasteiger partial charge on any atom is -0.494 e. The maximum absolute atomic E-state index is 13.6. The Morgan fingerprint density at radius 1 is 1.35 bits per heavy atom. The molecular formula is C16H22FNO2. The van der Waals surface area contributed by atoms with Crippen molar-refractivity contribution >= 4 is 5.91 Å². The highest BCUT2D eigenvalue weighted by Crippen LogP contribution is 2.26. The third kappa shape index (κ3) is 3.50. The van der Waals surface area contributed by atoms with Crippen LogP contribution in [0.2, 0.25) is 0 Å². The fraction of sp³-hybridized carbons (Fsp3) is 0.562. The summed E-state index contributed by atoms with van der Waals surface area (Å²) < 4.78 is 18.5. The van der Waals surface area contributed by atoms with E-state index in [2.05, 4.69) is 0 Å². The molecule has 3 nitrogen and oxygen atoms in total. The summed E-state index contributed by atoms with van der Waals surface area (Å²) >= 11 is 0. The maximum atomic E-state index is 13.6. The van der Waals surface area contributed by atoms with Gasteiger partial charge in [-0.2, -0.15) is 0 Å². The Morgan fingerprint density at radius 2 is 2.05 bits per heavy atom. The van der Waals surface area contributed by atoms with Crippen LogP contribution < -0.4 is 4.74 Å². The van der Waals surface area contributed by atoms with Crippen LogP contribution in [0.1, 0.15) is 37.7 Å². The maximum Gasteiger partial charge on any atom is 0.225 e. The van der Waals surface area contributed by atoms with Crippen LogP contribution in [-0.2, 0) is 11.3 Å². The van der Waals surface area contributed by atoms with Gasteiger partial charge < -0.3 is 9.64 Å². The minimum atomic E-state index is -0.386. The standard InChI is InChI=1S/C16H22FNO2/c1-18(16(19)13-6-4-3-5-7-13)11-12-8-9-15(20-2)14(17)10-12/h8-10,13H,3-7,11H2,1-2H3. The van der Waals surface area contributed by atoms with Crippen molar-refractivity contribution in [3.63, 3.8) is 0 Å². The van der Waals surface area contributed by atoms with E-state index >= 15 is 0 Å². The average Bonchev–Trinajstić information content (AvgIpc) is 2.47. The zero-order valence-corrected chi connectivity index (χ0v) is 12.2. The van der Waals surface area contributed by atoms with Crippen molar-refractivity contribution in [2.24, 2.45) is 5.92 Å². The first kappa shape index (κ1) is 14.8. The summed E-state index contributed by atoms with van der Waals surface area (Å²) in [6, 6.07) is 4.83. The molecular weight excluding hydrogens is 257 g/mol. The molecule has 20 heavy (non-hydrogen) atoms. The van der Waals surface area contributed by atoms with E-state index in [0.717, 1.165) is 31.2 Å². The lowest BCUT2D eigenvalue weighted by Crippen LogP contribution is -2.33. The number of benzene rings is 1. The van der Waals surface area contributed by atoms with Crippen molar-refractivity contribution < 1.29 is 13.9 Å². The van der Waals surface area contributed by atoms with Crippen LogP contribution in [-0.4, -0.2) is 25.0 Å². The number of nitrogens with zero attached hydrogens (tertiary/aromatic N) is 1. The van der Waals surface area contributed by atoms with Gasteiger partial charge >= 0.3 is 0 Å². The number of carbonyl (C=O) groups is 1. The molecule has 1 aromatic carbocycles. The molecule has 0 radical (unpaired) electrons. The van der Waals surface area contributed by atoms with E-state index in [0.29, 0.717) is 6.54 Å². The van der Waals surface area contributed by atoms with Crippen molar-refractivity contribution in [1.29, 1.82) is 0 Å². The van der Waals surface area contributed by atoms with Gasteiger partial charge in [-0.3, -0.25) is 4.79 Å². The summed E-state index contributed by atoms with van der Waals surface area (Å²) in [7, 11) is 3.23. The SMILES string of the molecule is COc1ccc(CN(C)C(=O)C2CCCCC2)cc1F. The number of rotatable bonds is 4. The van der Waals surface area contributed by atoms with Gasteiger partial charge in [-0.1, -0.05) is 25.3 Å². The Balaban J connectivity index is 1.98. The van der Waals surface area contributed by atoms with Gasteiger partial charge in [0.1, 0.15) is 0 Å². The zero-order chi connectivity index (χ0) is 14.5. The molecule has 0 heterocycles. The molecule has 4 heteroatoms. The molecule has 1 aliphatic rings. The lowest BCUT2D eigenvalue weighted by Gasteiger charge is -2.26. The first-order chi connectivity index (χ1) is 9.61. The van der Waals surface area contributed by atoms with E-state index in [1.807, 2.05) is 0 Å². The lowest BCUT2D eigenvalue weighted by atomic mass is 9.88.